The van der Waals surface area contributed by atoms with E-state index in [0.717, 1.165) is 16.7 Å². The number of H-pyrrole nitrogens is 1. The average Bonchev–Trinajstić information content (AvgIpc) is 2.97. The van der Waals surface area contributed by atoms with Gasteiger partial charge < -0.3 is 15.4 Å². The minimum atomic E-state index is -0.400. The van der Waals surface area contributed by atoms with Crippen molar-refractivity contribution in [1.29, 1.82) is 0 Å². The van der Waals surface area contributed by atoms with Crippen LogP contribution >= 0.6 is 11.8 Å². The number of benzene rings is 2. The maximum Gasteiger partial charge on any atom is 0.283 e. The molecule has 0 unspecified atom stereocenters. The van der Waals surface area contributed by atoms with E-state index >= 15 is 0 Å². The lowest BCUT2D eigenvalue weighted by atomic mass is 10.2. The zero-order valence-corrected chi connectivity index (χ0v) is 13.5. The van der Waals surface area contributed by atoms with Crippen LogP contribution in [0.25, 0.3) is 11.0 Å². The Bertz CT molecular complexity index is 832. The molecule has 0 spiro atoms. The van der Waals surface area contributed by atoms with Crippen molar-refractivity contribution in [2.45, 2.75) is 16.5 Å². The van der Waals surface area contributed by atoms with E-state index in [9.17, 15) is 10.1 Å². The van der Waals surface area contributed by atoms with Gasteiger partial charge in [0, 0.05) is 24.9 Å². The number of para-hydroxylation sites is 2. The van der Waals surface area contributed by atoms with Gasteiger partial charge in [0.05, 0.1) is 20.9 Å². The maximum absolute atomic E-state index is 11.3. The summed E-state index contributed by atoms with van der Waals surface area (Å²) in [5.74, 6) is 0. The minimum absolute atomic E-state index is 0.0353. The van der Waals surface area contributed by atoms with E-state index in [-0.39, 0.29) is 12.3 Å². The van der Waals surface area contributed by atoms with Gasteiger partial charge in [0.2, 0.25) is 0 Å². The third-order valence-corrected chi connectivity index (χ3v) is 4.33. The number of nitro benzene ring substituents is 1. The molecular formula is C16H16N4O3S. The lowest BCUT2D eigenvalue weighted by Crippen LogP contribution is -2.03. The van der Waals surface area contributed by atoms with E-state index in [1.807, 2.05) is 24.3 Å². The van der Waals surface area contributed by atoms with Gasteiger partial charge in [0.1, 0.15) is 0 Å². The maximum atomic E-state index is 11.3. The van der Waals surface area contributed by atoms with Gasteiger partial charge in [-0.3, -0.25) is 10.1 Å². The Morgan fingerprint density at radius 1 is 1.29 bits per heavy atom. The number of fused-ring (bicyclic) bond motifs is 1. The molecule has 0 aliphatic carbocycles. The van der Waals surface area contributed by atoms with Crippen molar-refractivity contribution >= 4 is 34.2 Å². The summed E-state index contributed by atoms with van der Waals surface area (Å²) in [4.78, 5) is 19.0. The number of aromatic amines is 1. The molecule has 3 N–H and O–H groups in total. The standard InChI is InChI=1S/C16H16N4O3S/c21-9-3-8-17-11-6-7-14(20(22)23)15(10-11)24-16-18-12-4-1-2-5-13(12)19-16/h1-2,4-7,10,17,21H,3,8-9H2,(H,18,19). The number of rotatable bonds is 7. The SMILES string of the molecule is O=[N+]([O-])c1ccc(NCCCO)cc1Sc1nc2ccccc2[nH]1. The molecule has 8 heteroatoms. The number of imidazole rings is 1. The van der Waals surface area contributed by atoms with E-state index in [0.29, 0.717) is 23.0 Å². The Balaban J connectivity index is 1.88. The second-order valence-corrected chi connectivity index (χ2v) is 6.14. The second kappa shape index (κ2) is 7.33. The summed E-state index contributed by atoms with van der Waals surface area (Å²) in [7, 11) is 0. The smallest absolute Gasteiger partial charge is 0.283 e. The Morgan fingerprint density at radius 3 is 2.88 bits per heavy atom. The normalized spacial score (nSPS) is 10.9. The first kappa shape index (κ1) is 16.3. The first-order valence-electron chi connectivity index (χ1n) is 7.43. The number of nitrogens with one attached hydrogen (secondary N) is 2. The molecule has 0 aliphatic heterocycles. The van der Waals surface area contributed by atoms with Crippen molar-refractivity contribution in [3.8, 4) is 0 Å². The lowest BCUT2D eigenvalue weighted by molar-refractivity contribution is -0.387. The van der Waals surface area contributed by atoms with Crippen molar-refractivity contribution < 1.29 is 10.0 Å². The predicted octanol–water partition coefficient (Wildman–Crippen LogP) is 3.42. The molecule has 0 bridgehead atoms. The van der Waals surface area contributed by atoms with Gasteiger partial charge in [0.25, 0.3) is 5.69 Å². The highest BCUT2D eigenvalue weighted by atomic mass is 32.2. The molecular weight excluding hydrogens is 328 g/mol. The van der Waals surface area contributed by atoms with Crippen molar-refractivity contribution in [2.24, 2.45) is 0 Å². The number of hydrogen-bond donors (Lipinski definition) is 3. The highest BCUT2D eigenvalue weighted by Gasteiger charge is 2.17. The van der Waals surface area contributed by atoms with Gasteiger partial charge in [-0.25, -0.2) is 4.98 Å². The minimum Gasteiger partial charge on any atom is -0.396 e. The average molecular weight is 344 g/mol. The summed E-state index contributed by atoms with van der Waals surface area (Å²) in [5.41, 5.74) is 2.51. The van der Waals surface area contributed by atoms with Crippen LogP contribution in [0.2, 0.25) is 0 Å². The van der Waals surface area contributed by atoms with E-state index < -0.39 is 4.92 Å². The van der Waals surface area contributed by atoms with Crippen LogP contribution in [-0.2, 0) is 0 Å². The van der Waals surface area contributed by atoms with Crippen molar-refractivity contribution in [3.63, 3.8) is 0 Å². The van der Waals surface area contributed by atoms with Crippen LogP contribution < -0.4 is 5.32 Å². The molecule has 3 aromatic rings. The number of anilines is 1. The molecule has 1 aromatic heterocycles. The van der Waals surface area contributed by atoms with E-state index in [4.69, 9.17) is 5.11 Å². The fourth-order valence-electron chi connectivity index (χ4n) is 2.25. The molecule has 0 saturated heterocycles. The van der Waals surface area contributed by atoms with Gasteiger partial charge in [-0.05, 0) is 42.4 Å². The van der Waals surface area contributed by atoms with Crippen LogP contribution in [-0.4, -0.2) is 33.1 Å². The van der Waals surface area contributed by atoms with Crippen molar-refractivity contribution in [3.05, 3.63) is 52.6 Å². The number of aliphatic hydroxyl groups excluding tert-OH is 1. The highest BCUT2D eigenvalue weighted by Crippen LogP contribution is 2.36. The second-order valence-electron chi connectivity index (χ2n) is 5.10. The van der Waals surface area contributed by atoms with Crippen LogP contribution in [0.5, 0.6) is 0 Å². The fourth-order valence-corrected chi connectivity index (χ4v) is 3.20. The van der Waals surface area contributed by atoms with Crippen LogP contribution in [0.3, 0.4) is 0 Å². The molecule has 0 saturated carbocycles. The Hall–Kier alpha value is -2.58. The third kappa shape index (κ3) is 3.66. The molecule has 0 fully saturated rings. The summed E-state index contributed by atoms with van der Waals surface area (Å²) in [5, 5.41) is 23.8. The van der Waals surface area contributed by atoms with Gasteiger partial charge in [0.15, 0.2) is 5.16 Å². The van der Waals surface area contributed by atoms with Gasteiger partial charge in [-0.15, -0.1) is 0 Å². The fraction of sp³-hybridized carbons (Fsp3) is 0.188. The summed E-state index contributed by atoms with van der Waals surface area (Å²) < 4.78 is 0. The van der Waals surface area contributed by atoms with Crippen LogP contribution in [0.15, 0.2) is 52.5 Å². The van der Waals surface area contributed by atoms with E-state index in [2.05, 4.69) is 15.3 Å². The lowest BCUT2D eigenvalue weighted by Gasteiger charge is -2.07. The Kier molecular flexibility index (Phi) is 4.97. The summed E-state index contributed by atoms with van der Waals surface area (Å²) >= 11 is 1.22. The molecule has 0 radical (unpaired) electrons. The predicted molar refractivity (Wildman–Crippen MR) is 93.5 cm³/mol. The highest BCUT2D eigenvalue weighted by molar-refractivity contribution is 7.99. The van der Waals surface area contributed by atoms with Crippen LogP contribution in [0.1, 0.15) is 6.42 Å². The topological polar surface area (TPSA) is 104 Å². The summed E-state index contributed by atoms with van der Waals surface area (Å²) in [6.07, 6.45) is 0.614. The summed E-state index contributed by atoms with van der Waals surface area (Å²) in [6, 6.07) is 12.5. The molecule has 3 rings (SSSR count). The molecule has 7 nitrogen and oxygen atoms in total. The number of hydrogen-bond acceptors (Lipinski definition) is 6. The largest absolute Gasteiger partial charge is 0.396 e. The molecule has 0 atom stereocenters. The van der Waals surface area contributed by atoms with Crippen molar-refractivity contribution in [1.82, 2.24) is 9.97 Å². The van der Waals surface area contributed by atoms with Gasteiger partial charge >= 0.3 is 0 Å². The quantitative estimate of drug-likeness (QED) is 0.345. The number of aromatic nitrogens is 2. The van der Waals surface area contributed by atoms with Crippen LogP contribution in [0.4, 0.5) is 11.4 Å². The molecule has 0 aliphatic rings. The first-order valence-corrected chi connectivity index (χ1v) is 8.25. The number of nitrogens with zero attached hydrogens (tertiary/aromatic N) is 2. The monoisotopic (exact) mass is 344 g/mol. The number of nitro groups is 1. The first-order chi connectivity index (χ1) is 11.7. The van der Waals surface area contributed by atoms with Gasteiger partial charge in [-0.2, -0.15) is 0 Å². The zero-order chi connectivity index (χ0) is 16.9. The van der Waals surface area contributed by atoms with Crippen LogP contribution in [0, 0.1) is 10.1 Å². The molecule has 2 aromatic carbocycles. The zero-order valence-electron chi connectivity index (χ0n) is 12.7. The molecule has 24 heavy (non-hydrogen) atoms. The summed E-state index contributed by atoms with van der Waals surface area (Å²) in [6.45, 7) is 0.698. The Labute approximate surface area is 142 Å². The van der Waals surface area contributed by atoms with E-state index in [1.54, 1.807) is 12.1 Å². The van der Waals surface area contributed by atoms with Crippen molar-refractivity contribution in [2.75, 3.05) is 18.5 Å². The third-order valence-electron chi connectivity index (χ3n) is 3.39. The van der Waals surface area contributed by atoms with Gasteiger partial charge in [-0.1, -0.05) is 12.1 Å². The molecule has 1 heterocycles. The van der Waals surface area contributed by atoms with E-state index in [1.165, 1.54) is 17.8 Å². The molecule has 124 valence electrons. The number of aliphatic hydroxyl groups is 1. The molecule has 0 amide bonds. The Morgan fingerprint density at radius 2 is 2.12 bits per heavy atom.